The molecule has 7 nitrogen and oxygen atoms in total. The van der Waals surface area contributed by atoms with Gasteiger partial charge in [0.15, 0.2) is 9.84 Å². The van der Waals surface area contributed by atoms with Gasteiger partial charge in [0.2, 0.25) is 5.91 Å². The minimum Gasteiger partial charge on any atom is -0.348 e. The molecule has 0 bridgehead atoms. The van der Waals surface area contributed by atoms with Gasteiger partial charge >= 0.3 is 0 Å². The van der Waals surface area contributed by atoms with Gasteiger partial charge in [0.25, 0.3) is 10.0 Å². The first-order valence-corrected chi connectivity index (χ1v) is 14.6. The number of hydrogen-bond acceptors (Lipinski definition) is 5. The first kappa shape index (κ1) is 26.7. The van der Waals surface area contributed by atoms with Crippen molar-refractivity contribution in [3.63, 3.8) is 0 Å². The average molecular weight is 535 g/mol. The van der Waals surface area contributed by atoms with Crippen LogP contribution in [0.25, 0.3) is 0 Å². The molecule has 10 heteroatoms. The quantitative estimate of drug-likeness (QED) is 0.435. The lowest BCUT2D eigenvalue weighted by Gasteiger charge is -2.26. The average Bonchev–Trinajstić information content (AvgIpc) is 2.81. The lowest BCUT2D eigenvalue weighted by Crippen LogP contribution is -2.42. The molecular weight excluding hydrogens is 508 g/mol. The second kappa shape index (κ2) is 10.8. The molecule has 0 saturated carbocycles. The molecule has 0 spiro atoms. The standard InChI is InChI=1S/C25H27ClN2O5S2/c1-4-24(19-7-13-22(14-8-19)34(3,30)31)27-25(29)17-28(21-11-5-18(2)6-12-21)35(32,33)23-15-9-20(26)10-16-23/h5-16,24H,4,17H2,1-3H3,(H,27,29). The number of nitrogens with zero attached hydrogens (tertiary/aromatic N) is 1. The number of rotatable bonds is 9. The summed E-state index contributed by atoms with van der Waals surface area (Å²) in [5.74, 6) is -0.498. The van der Waals surface area contributed by atoms with Gasteiger partial charge in [0.05, 0.1) is 21.5 Å². The third kappa shape index (κ3) is 6.62. The Balaban J connectivity index is 1.88. The number of amides is 1. The fraction of sp³-hybridized carbons (Fsp3) is 0.240. The molecule has 0 aliphatic carbocycles. The fourth-order valence-corrected chi connectivity index (χ4v) is 5.68. The Kier molecular flexibility index (Phi) is 8.25. The Bertz CT molecular complexity index is 1390. The van der Waals surface area contributed by atoms with E-state index in [0.717, 1.165) is 21.7 Å². The maximum absolute atomic E-state index is 13.5. The van der Waals surface area contributed by atoms with E-state index in [1.807, 2.05) is 13.8 Å². The van der Waals surface area contributed by atoms with Gasteiger partial charge < -0.3 is 5.32 Å². The maximum Gasteiger partial charge on any atom is 0.264 e. The molecular formula is C25H27ClN2O5S2. The lowest BCUT2D eigenvalue weighted by atomic mass is 10.0. The monoisotopic (exact) mass is 534 g/mol. The van der Waals surface area contributed by atoms with Crippen LogP contribution in [0.4, 0.5) is 5.69 Å². The Morgan fingerprint density at radius 2 is 1.43 bits per heavy atom. The van der Waals surface area contributed by atoms with Gasteiger partial charge in [-0.25, -0.2) is 16.8 Å². The topological polar surface area (TPSA) is 101 Å². The zero-order valence-corrected chi connectivity index (χ0v) is 22.0. The molecule has 1 unspecified atom stereocenters. The molecule has 1 amide bonds. The van der Waals surface area contributed by atoms with Crippen molar-refractivity contribution in [2.45, 2.75) is 36.1 Å². The molecule has 0 fully saturated rings. The van der Waals surface area contributed by atoms with E-state index in [0.29, 0.717) is 17.1 Å². The molecule has 3 aromatic rings. The van der Waals surface area contributed by atoms with Gasteiger partial charge in [-0.1, -0.05) is 48.4 Å². The van der Waals surface area contributed by atoms with Crippen molar-refractivity contribution in [3.05, 3.63) is 88.9 Å². The molecule has 1 atom stereocenters. The number of benzene rings is 3. The number of sulfone groups is 1. The van der Waals surface area contributed by atoms with Crippen LogP contribution in [0.2, 0.25) is 5.02 Å². The molecule has 186 valence electrons. The van der Waals surface area contributed by atoms with Gasteiger partial charge in [0, 0.05) is 11.3 Å². The smallest absolute Gasteiger partial charge is 0.264 e. The maximum atomic E-state index is 13.5. The fourth-order valence-electron chi connectivity index (χ4n) is 3.50. The molecule has 35 heavy (non-hydrogen) atoms. The number of aryl methyl sites for hydroxylation is 1. The summed E-state index contributed by atoms with van der Waals surface area (Å²) in [5, 5.41) is 3.27. The first-order chi connectivity index (χ1) is 16.4. The summed E-state index contributed by atoms with van der Waals surface area (Å²) < 4.78 is 51.5. The number of carbonyl (C=O) groups excluding carboxylic acids is 1. The van der Waals surface area contributed by atoms with Crippen LogP contribution in [0.3, 0.4) is 0 Å². The highest BCUT2D eigenvalue weighted by Crippen LogP contribution is 2.26. The van der Waals surface area contributed by atoms with E-state index >= 15 is 0 Å². The molecule has 0 radical (unpaired) electrons. The van der Waals surface area contributed by atoms with Crippen molar-refractivity contribution in [2.75, 3.05) is 17.1 Å². The van der Waals surface area contributed by atoms with E-state index in [4.69, 9.17) is 11.6 Å². The summed E-state index contributed by atoms with van der Waals surface area (Å²) in [5.41, 5.74) is 2.02. The predicted molar refractivity (Wildman–Crippen MR) is 138 cm³/mol. The molecule has 3 rings (SSSR count). The van der Waals surface area contributed by atoms with Crippen LogP contribution >= 0.6 is 11.6 Å². The normalized spacial score (nSPS) is 12.7. The highest BCUT2D eigenvalue weighted by atomic mass is 35.5. The zero-order chi connectivity index (χ0) is 25.8. The van der Waals surface area contributed by atoms with Crippen molar-refractivity contribution in [1.29, 1.82) is 0 Å². The lowest BCUT2D eigenvalue weighted by molar-refractivity contribution is -0.120. The van der Waals surface area contributed by atoms with Crippen LogP contribution in [0.15, 0.2) is 82.6 Å². The summed E-state index contributed by atoms with van der Waals surface area (Å²) >= 11 is 5.92. The Morgan fingerprint density at radius 1 is 0.886 bits per heavy atom. The van der Waals surface area contributed by atoms with Gasteiger partial charge in [-0.05, 0) is 67.4 Å². The van der Waals surface area contributed by atoms with Crippen LogP contribution in [0, 0.1) is 6.92 Å². The number of sulfonamides is 1. The van der Waals surface area contributed by atoms with Crippen molar-refractivity contribution in [3.8, 4) is 0 Å². The molecule has 3 aromatic carbocycles. The number of nitrogens with one attached hydrogen (secondary N) is 1. The minimum atomic E-state index is -4.06. The van der Waals surface area contributed by atoms with E-state index in [9.17, 15) is 21.6 Å². The number of hydrogen-bond donors (Lipinski definition) is 1. The Morgan fingerprint density at radius 3 is 1.94 bits per heavy atom. The van der Waals surface area contributed by atoms with Crippen LogP contribution < -0.4 is 9.62 Å². The van der Waals surface area contributed by atoms with Gasteiger partial charge in [-0.2, -0.15) is 0 Å². The SMILES string of the molecule is CCC(NC(=O)CN(c1ccc(C)cc1)S(=O)(=O)c1ccc(Cl)cc1)c1ccc(S(C)(=O)=O)cc1. The molecule has 0 aliphatic rings. The highest BCUT2D eigenvalue weighted by Gasteiger charge is 2.28. The summed E-state index contributed by atoms with van der Waals surface area (Å²) in [7, 11) is -7.40. The van der Waals surface area contributed by atoms with E-state index in [-0.39, 0.29) is 9.79 Å². The predicted octanol–water partition coefficient (Wildman–Crippen LogP) is 4.51. The van der Waals surface area contributed by atoms with Crippen molar-refractivity contribution in [1.82, 2.24) is 5.32 Å². The third-order valence-electron chi connectivity index (χ3n) is 5.46. The summed E-state index contributed by atoms with van der Waals surface area (Å²) in [6.07, 6.45) is 1.65. The van der Waals surface area contributed by atoms with Gasteiger partial charge in [-0.15, -0.1) is 0 Å². The van der Waals surface area contributed by atoms with Crippen LogP contribution in [0.1, 0.15) is 30.5 Å². The molecule has 0 heterocycles. The Hall–Kier alpha value is -2.88. The summed E-state index contributed by atoms with van der Waals surface area (Å²) in [6, 6.07) is 18.5. The highest BCUT2D eigenvalue weighted by molar-refractivity contribution is 7.93. The first-order valence-electron chi connectivity index (χ1n) is 10.9. The van der Waals surface area contributed by atoms with Crippen LogP contribution in [-0.4, -0.2) is 35.5 Å². The van der Waals surface area contributed by atoms with Crippen molar-refractivity contribution >= 4 is 43.1 Å². The Labute approximate surface area is 211 Å². The zero-order valence-electron chi connectivity index (χ0n) is 19.6. The summed E-state index contributed by atoms with van der Waals surface area (Å²) in [4.78, 5) is 13.3. The molecule has 0 aromatic heterocycles. The van der Waals surface area contributed by atoms with E-state index in [1.165, 1.54) is 36.4 Å². The second-order valence-corrected chi connectivity index (χ2v) is 12.5. The van der Waals surface area contributed by atoms with E-state index in [2.05, 4.69) is 5.32 Å². The van der Waals surface area contributed by atoms with Crippen LogP contribution in [-0.2, 0) is 24.7 Å². The second-order valence-electron chi connectivity index (χ2n) is 8.17. The van der Waals surface area contributed by atoms with E-state index < -0.39 is 38.4 Å². The molecule has 1 N–H and O–H groups in total. The summed E-state index contributed by atoms with van der Waals surface area (Å²) in [6.45, 7) is 3.32. The minimum absolute atomic E-state index is 0.0127. The third-order valence-corrected chi connectivity index (χ3v) is 8.63. The van der Waals surface area contributed by atoms with Crippen molar-refractivity contribution < 1.29 is 21.6 Å². The largest absolute Gasteiger partial charge is 0.348 e. The number of carbonyl (C=O) groups is 1. The van der Waals surface area contributed by atoms with Gasteiger partial charge in [0.1, 0.15) is 6.54 Å². The van der Waals surface area contributed by atoms with Crippen molar-refractivity contribution in [2.24, 2.45) is 0 Å². The number of halogens is 1. The van der Waals surface area contributed by atoms with E-state index in [1.54, 1.807) is 36.4 Å². The van der Waals surface area contributed by atoms with Crippen LogP contribution in [0.5, 0.6) is 0 Å². The number of anilines is 1. The molecule has 0 saturated heterocycles. The molecule has 0 aliphatic heterocycles. The van der Waals surface area contributed by atoms with Gasteiger partial charge in [-0.3, -0.25) is 9.10 Å².